The molecule has 0 spiro atoms. The number of nitrogens with zero attached hydrogens (tertiary/aromatic N) is 1. The number of hydrogen-bond donors (Lipinski definition) is 0. The summed E-state index contributed by atoms with van der Waals surface area (Å²) in [6.45, 7) is 4.33. The molecule has 0 aliphatic heterocycles. The highest BCUT2D eigenvalue weighted by Crippen LogP contribution is 2.34. The van der Waals surface area contributed by atoms with Crippen molar-refractivity contribution >= 4 is 21.9 Å². The van der Waals surface area contributed by atoms with E-state index in [1.54, 1.807) is 0 Å². The minimum absolute atomic E-state index is 0.323. The third-order valence-corrected chi connectivity index (χ3v) is 5.57. The third kappa shape index (κ3) is 2.78. The molecule has 2 heteroatoms. The summed E-state index contributed by atoms with van der Waals surface area (Å²) in [5.74, 6) is 0.323. The molecule has 28 heavy (non-hydrogen) atoms. The summed E-state index contributed by atoms with van der Waals surface area (Å²) >= 11 is 0. The first-order valence-electron chi connectivity index (χ1n) is 9.64. The maximum Gasteiger partial charge on any atom is 0.138 e. The summed E-state index contributed by atoms with van der Waals surface area (Å²) < 4.78 is 6.07. The Balaban J connectivity index is 1.60. The van der Waals surface area contributed by atoms with Gasteiger partial charge in [0.25, 0.3) is 0 Å². The minimum atomic E-state index is 0.323. The Morgan fingerprint density at radius 3 is 2.50 bits per heavy atom. The molecule has 1 unspecified atom stereocenters. The van der Waals surface area contributed by atoms with Crippen LogP contribution in [0, 0.1) is 6.92 Å². The van der Waals surface area contributed by atoms with Crippen molar-refractivity contribution in [1.29, 1.82) is 0 Å². The Kier molecular flexibility index (Phi) is 3.98. The van der Waals surface area contributed by atoms with Crippen molar-refractivity contribution in [3.05, 3.63) is 102 Å². The normalized spacial score (nSPS) is 12.5. The molecule has 2 heterocycles. The highest BCUT2D eigenvalue weighted by atomic mass is 16.3. The zero-order valence-corrected chi connectivity index (χ0v) is 16.0. The molecule has 0 radical (unpaired) electrons. The van der Waals surface area contributed by atoms with E-state index < -0.39 is 0 Å². The van der Waals surface area contributed by atoms with Gasteiger partial charge in [-0.3, -0.25) is 4.98 Å². The standard InChI is InChI=1S/C26H21NO/c1-17-7-6-10-22-23-15-21(11-12-25(23)28-26(17)22)24-16-20(13-14-27-24)18(2)19-8-4-3-5-9-19/h3-16,18H,1-2H3. The molecule has 5 rings (SSSR count). The van der Waals surface area contributed by atoms with E-state index in [1.165, 1.54) is 11.1 Å². The molecule has 0 saturated carbocycles. The maximum absolute atomic E-state index is 6.07. The summed E-state index contributed by atoms with van der Waals surface area (Å²) in [5.41, 5.74) is 7.72. The second-order valence-corrected chi connectivity index (χ2v) is 7.37. The molecule has 136 valence electrons. The van der Waals surface area contributed by atoms with Crippen LogP contribution in [0.15, 0.2) is 89.5 Å². The smallest absolute Gasteiger partial charge is 0.138 e. The number of aryl methyl sites for hydroxylation is 1. The van der Waals surface area contributed by atoms with Crippen molar-refractivity contribution in [2.45, 2.75) is 19.8 Å². The highest BCUT2D eigenvalue weighted by Gasteiger charge is 2.13. The van der Waals surface area contributed by atoms with Crippen molar-refractivity contribution < 1.29 is 4.42 Å². The maximum atomic E-state index is 6.07. The lowest BCUT2D eigenvalue weighted by Crippen LogP contribution is -1.97. The van der Waals surface area contributed by atoms with Crippen LogP contribution in [0.25, 0.3) is 33.2 Å². The monoisotopic (exact) mass is 363 g/mol. The SMILES string of the molecule is Cc1cccc2c1oc1ccc(-c3cc(C(C)c4ccccc4)ccn3)cc12. The van der Waals surface area contributed by atoms with Gasteiger partial charge < -0.3 is 4.42 Å². The summed E-state index contributed by atoms with van der Waals surface area (Å²) in [4.78, 5) is 4.64. The molecular formula is C26H21NO. The third-order valence-electron chi connectivity index (χ3n) is 5.57. The van der Waals surface area contributed by atoms with E-state index in [-0.39, 0.29) is 0 Å². The van der Waals surface area contributed by atoms with Gasteiger partial charge in [-0.15, -0.1) is 0 Å². The topological polar surface area (TPSA) is 26.0 Å². The van der Waals surface area contributed by atoms with Crippen molar-refractivity contribution in [1.82, 2.24) is 4.98 Å². The van der Waals surface area contributed by atoms with E-state index in [1.807, 2.05) is 6.20 Å². The quantitative estimate of drug-likeness (QED) is 0.341. The van der Waals surface area contributed by atoms with Gasteiger partial charge in [0, 0.05) is 28.5 Å². The number of para-hydroxylation sites is 1. The van der Waals surface area contributed by atoms with Crippen LogP contribution in [0.4, 0.5) is 0 Å². The fraction of sp³-hybridized carbons (Fsp3) is 0.115. The van der Waals surface area contributed by atoms with E-state index in [0.29, 0.717) is 5.92 Å². The van der Waals surface area contributed by atoms with E-state index in [0.717, 1.165) is 38.8 Å². The summed E-state index contributed by atoms with van der Waals surface area (Å²) in [6, 6.07) is 27.5. The highest BCUT2D eigenvalue weighted by molar-refractivity contribution is 6.07. The average molecular weight is 363 g/mol. The van der Waals surface area contributed by atoms with Gasteiger partial charge in [0.1, 0.15) is 11.2 Å². The van der Waals surface area contributed by atoms with Crippen LogP contribution in [0.5, 0.6) is 0 Å². The Labute approximate surface area is 164 Å². The van der Waals surface area contributed by atoms with Crippen molar-refractivity contribution in [3.63, 3.8) is 0 Å². The number of fused-ring (bicyclic) bond motifs is 3. The number of benzene rings is 3. The molecule has 0 aliphatic rings. The number of rotatable bonds is 3. The van der Waals surface area contributed by atoms with Crippen molar-refractivity contribution in [3.8, 4) is 11.3 Å². The molecule has 3 aromatic carbocycles. The average Bonchev–Trinajstić information content (AvgIpc) is 3.13. The number of furan rings is 1. The fourth-order valence-electron chi connectivity index (χ4n) is 3.91. The van der Waals surface area contributed by atoms with Gasteiger partial charge in [-0.1, -0.05) is 55.5 Å². The zero-order valence-electron chi connectivity index (χ0n) is 16.0. The molecule has 0 saturated heterocycles. The lowest BCUT2D eigenvalue weighted by Gasteiger charge is -2.13. The van der Waals surface area contributed by atoms with Crippen LogP contribution >= 0.6 is 0 Å². The minimum Gasteiger partial charge on any atom is -0.456 e. The Morgan fingerprint density at radius 2 is 1.64 bits per heavy atom. The Bertz CT molecular complexity index is 1280. The lowest BCUT2D eigenvalue weighted by molar-refractivity contribution is 0.666. The molecule has 2 aromatic heterocycles. The van der Waals surface area contributed by atoms with Crippen molar-refractivity contribution in [2.75, 3.05) is 0 Å². The fourth-order valence-corrected chi connectivity index (χ4v) is 3.91. The van der Waals surface area contributed by atoms with Gasteiger partial charge in [-0.2, -0.15) is 0 Å². The predicted molar refractivity (Wildman–Crippen MR) is 116 cm³/mol. The molecule has 5 aromatic rings. The summed E-state index contributed by atoms with van der Waals surface area (Å²) in [6.07, 6.45) is 1.91. The predicted octanol–water partition coefficient (Wildman–Crippen LogP) is 7.11. The van der Waals surface area contributed by atoms with Gasteiger partial charge in [0.05, 0.1) is 5.69 Å². The second kappa shape index (κ2) is 6.65. The van der Waals surface area contributed by atoms with Crippen LogP contribution < -0.4 is 0 Å². The number of hydrogen-bond acceptors (Lipinski definition) is 2. The van der Waals surface area contributed by atoms with Crippen molar-refractivity contribution in [2.24, 2.45) is 0 Å². The van der Waals surface area contributed by atoms with Gasteiger partial charge >= 0.3 is 0 Å². The molecule has 0 bridgehead atoms. The van der Waals surface area contributed by atoms with Crippen LogP contribution in [0.1, 0.15) is 29.5 Å². The van der Waals surface area contributed by atoms with E-state index in [9.17, 15) is 0 Å². The number of aromatic nitrogens is 1. The Morgan fingerprint density at radius 1 is 0.786 bits per heavy atom. The molecule has 0 N–H and O–H groups in total. The molecular weight excluding hydrogens is 342 g/mol. The second-order valence-electron chi connectivity index (χ2n) is 7.37. The number of pyridine rings is 1. The molecule has 1 atom stereocenters. The first-order chi connectivity index (χ1) is 13.7. The first-order valence-corrected chi connectivity index (χ1v) is 9.64. The van der Waals surface area contributed by atoms with Gasteiger partial charge in [0.2, 0.25) is 0 Å². The molecule has 0 fully saturated rings. The summed E-state index contributed by atoms with van der Waals surface area (Å²) in [7, 11) is 0. The zero-order chi connectivity index (χ0) is 19.1. The van der Waals surface area contributed by atoms with Crippen LogP contribution in [0.2, 0.25) is 0 Å². The summed E-state index contributed by atoms with van der Waals surface area (Å²) in [5, 5.41) is 2.30. The van der Waals surface area contributed by atoms with Gasteiger partial charge in [-0.05, 0) is 53.9 Å². The lowest BCUT2D eigenvalue weighted by atomic mass is 9.92. The molecule has 0 aliphatic carbocycles. The van der Waals surface area contributed by atoms with E-state index in [4.69, 9.17) is 4.42 Å². The van der Waals surface area contributed by atoms with Crippen LogP contribution in [0.3, 0.4) is 0 Å². The largest absolute Gasteiger partial charge is 0.456 e. The van der Waals surface area contributed by atoms with Crippen LogP contribution in [-0.2, 0) is 0 Å². The molecule has 0 amide bonds. The van der Waals surface area contributed by atoms with E-state index >= 15 is 0 Å². The first kappa shape index (κ1) is 16.8. The molecule has 2 nitrogen and oxygen atoms in total. The van der Waals surface area contributed by atoms with Gasteiger partial charge in [0.15, 0.2) is 0 Å². The van der Waals surface area contributed by atoms with Crippen LogP contribution in [-0.4, -0.2) is 4.98 Å². The van der Waals surface area contributed by atoms with Gasteiger partial charge in [-0.25, -0.2) is 0 Å². The van der Waals surface area contributed by atoms with E-state index in [2.05, 4.69) is 97.7 Å². The Hall–Kier alpha value is -3.39.